The molecule has 1 rings (SSSR count). The van der Waals surface area contributed by atoms with Crippen LogP contribution in [0.2, 0.25) is 0 Å². The van der Waals surface area contributed by atoms with Crippen LogP contribution in [0.3, 0.4) is 0 Å². The van der Waals surface area contributed by atoms with Crippen LogP contribution < -0.4 is 16.0 Å². The third kappa shape index (κ3) is 3.90. The molecule has 0 unspecified atom stereocenters. The summed E-state index contributed by atoms with van der Waals surface area (Å²) in [5.41, 5.74) is 3.99. The van der Waals surface area contributed by atoms with Gasteiger partial charge in [0.05, 0.1) is 0 Å². The molecule has 0 saturated carbocycles. The summed E-state index contributed by atoms with van der Waals surface area (Å²) in [5, 5.41) is 0. The number of hydrogen-bond acceptors (Lipinski definition) is 3. The quantitative estimate of drug-likeness (QED) is 0.451. The largest absolute Gasteiger partial charge is 0.492 e. The fourth-order valence-electron chi connectivity index (χ4n) is 1.28. The van der Waals surface area contributed by atoms with Crippen LogP contribution in [0.1, 0.15) is 26.3 Å². The van der Waals surface area contributed by atoms with Gasteiger partial charge in [0.25, 0.3) is 0 Å². The Bertz CT molecular complexity index is 305. The lowest BCUT2D eigenvalue weighted by molar-refractivity contribution is 0.314. The molecule has 0 amide bonds. The number of hydrazine groups is 1. The number of nitrogens with one attached hydrogen (secondary N) is 1. The van der Waals surface area contributed by atoms with Gasteiger partial charge in [-0.2, -0.15) is 0 Å². The standard InChI is InChI=1S/C12H20N2O/c1-12(2,3)10-5-4-6-11(9-10)15-8-7-14-13/h4-6,9,14H,7-8,13H2,1-3H3. The maximum atomic E-state index is 5.54. The lowest BCUT2D eigenvalue weighted by Gasteiger charge is -2.19. The van der Waals surface area contributed by atoms with Gasteiger partial charge in [0.15, 0.2) is 0 Å². The first-order valence-corrected chi connectivity index (χ1v) is 5.21. The SMILES string of the molecule is CC(C)(C)c1cccc(OCCNN)c1. The van der Waals surface area contributed by atoms with E-state index in [1.165, 1.54) is 5.56 Å². The van der Waals surface area contributed by atoms with Crippen molar-refractivity contribution in [3.05, 3.63) is 29.8 Å². The normalized spacial score (nSPS) is 11.5. The maximum absolute atomic E-state index is 5.54. The lowest BCUT2D eigenvalue weighted by Crippen LogP contribution is -2.27. The number of hydrogen-bond donors (Lipinski definition) is 2. The molecule has 0 aliphatic heterocycles. The second-order valence-electron chi connectivity index (χ2n) is 4.58. The van der Waals surface area contributed by atoms with Crippen LogP contribution in [0, 0.1) is 0 Å². The molecule has 0 fully saturated rings. The summed E-state index contributed by atoms with van der Waals surface area (Å²) in [6, 6.07) is 8.18. The van der Waals surface area contributed by atoms with E-state index in [4.69, 9.17) is 10.6 Å². The van der Waals surface area contributed by atoms with E-state index in [1.54, 1.807) is 0 Å². The highest BCUT2D eigenvalue weighted by atomic mass is 16.5. The zero-order valence-electron chi connectivity index (χ0n) is 9.71. The number of nitrogens with two attached hydrogens (primary N) is 1. The molecule has 0 heterocycles. The molecule has 0 radical (unpaired) electrons. The van der Waals surface area contributed by atoms with Gasteiger partial charge in [-0.3, -0.25) is 11.3 Å². The minimum atomic E-state index is 0.158. The van der Waals surface area contributed by atoms with Crippen molar-refractivity contribution in [3.8, 4) is 5.75 Å². The van der Waals surface area contributed by atoms with Gasteiger partial charge in [-0.25, -0.2) is 0 Å². The molecular weight excluding hydrogens is 188 g/mol. The molecule has 0 aliphatic rings. The Hall–Kier alpha value is -1.06. The first-order valence-electron chi connectivity index (χ1n) is 5.21. The summed E-state index contributed by atoms with van der Waals surface area (Å²) in [6.07, 6.45) is 0. The Labute approximate surface area is 91.6 Å². The second kappa shape index (κ2) is 5.14. The highest BCUT2D eigenvalue weighted by Gasteiger charge is 2.13. The van der Waals surface area contributed by atoms with Crippen molar-refractivity contribution < 1.29 is 4.74 Å². The maximum Gasteiger partial charge on any atom is 0.119 e. The smallest absolute Gasteiger partial charge is 0.119 e. The van der Waals surface area contributed by atoms with E-state index in [9.17, 15) is 0 Å². The van der Waals surface area contributed by atoms with Gasteiger partial charge in [-0.15, -0.1) is 0 Å². The van der Waals surface area contributed by atoms with Gasteiger partial charge in [0.1, 0.15) is 12.4 Å². The molecule has 3 N–H and O–H groups in total. The lowest BCUT2D eigenvalue weighted by atomic mass is 9.87. The molecule has 0 bridgehead atoms. The van der Waals surface area contributed by atoms with Crippen LogP contribution in [0.5, 0.6) is 5.75 Å². The molecule has 1 aromatic carbocycles. The zero-order chi connectivity index (χ0) is 11.3. The molecule has 84 valence electrons. The van der Waals surface area contributed by atoms with Gasteiger partial charge in [0.2, 0.25) is 0 Å². The Morgan fingerprint density at radius 2 is 2.07 bits per heavy atom. The highest BCUT2D eigenvalue weighted by molar-refractivity contribution is 5.32. The Morgan fingerprint density at radius 1 is 1.33 bits per heavy atom. The third-order valence-electron chi connectivity index (χ3n) is 2.22. The molecular formula is C12H20N2O. The summed E-state index contributed by atoms with van der Waals surface area (Å²) >= 11 is 0. The predicted octanol–water partition coefficient (Wildman–Crippen LogP) is 1.83. The van der Waals surface area contributed by atoms with Crippen molar-refractivity contribution in [3.63, 3.8) is 0 Å². The van der Waals surface area contributed by atoms with Gasteiger partial charge in [0, 0.05) is 6.54 Å². The predicted molar refractivity (Wildman–Crippen MR) is 62.8 cm³/mol. The Kier molecular flexibility index (Phi) is 4.12. The first kappa shape index (κ1) is 12.0. The van der Waals surface area contributed by atoms with E-state index < -0.39 is 0 Å². The molecule has 3 heteroatoms. The summed E-state index contributed by atoms with van der Waals surface area (Å²) in [7, 11) is 0. The third-order valence-corrected chi connectivity index (χ3v) is 2.22. The van der Waals surface area contributed by atoms with Crippen molar-refractivity contribution in [1.82, 2.24) is 5.43 Å². The van der Waals surface area contributed by atoms with Crippen LogP contribution in [-0.2, 0) is 5.41 Å². The molecule has 0 aromatic heterocycles. The van der Waals surface area contributed by atoms with Crippen LogP contribution >= 0.6 is 0 Å². The molecule has 0 saturated heterocycles. The van der Waals surface area contributed by atoms with Crippen LogP contribution in [0.15, 0.2) is 24.3 Å². The molecule has 0 aliphatic carbocycles. The summed E-state index contributed by atoms with van der Waals surface area (Å²) in [4.78, 5) is 0. The van der Waals surface area contributed by atoms with Crippen molar-refractivity contribution in [2.45, 2.75) is 26.2 Å². The van der Waals surface area contributed by atoms with Gasteiger partial charge in [-0.05, 0) is 23.1 Å². The van der Waals surface area contributed by atoms with Gasteiger partial charge >= 0.3 is 0 Å². The minimum Gasteiger partial charge on any atom is -0.492 e. The topological polar surface area (TPSA) is 47.3 Å². The molecule has 0 spiro atoms. The monoisotopic (exact) mass is 208 g/mol. The number of benzene rings is 1. The van der Waals surface area contributed by atoms with Gasteiger partial charge < -0.3 is 4.74 Å². The van der Waals surface area contributed by atoms with E-state index in [2.05, 4.69) is 38.3 Å². The minimum absolute atomic E-state index is 0.158. The van der Waals surface area contributed by atoms with E-state index in [1.807, 2.05) is 12.1 Å². The van der Waals surface area contributed by atoms with Crippen LogP contribution in [-0.4, -0.2) is 13.2 Å². The van der Waals surface area contributed by atoms with Crippen LogP contribution in [0.25, 0.3) is 0 Å². The highest BCUT2D eigenvalue weighted by Crippen LogP contribution is 2.25. The zero-order valence-corrected chi connectivity index (χ0v) is 9.71. The van der Waals surface area contributed by atoms with Crippen molar-refractivity contribution in [1.29, 1.82) is 0 Å². The van der Waals surface area contributed by atoms with Crippen LogP contribution in [0.4, 0.5) is 0 Å². The fraction of sp³-hybridized carbons (Fsp3) is 0.500. The van der Waals surface area contributed by atoms with Crippen molar-refractivity contribution >= 4 is 0 Å². The van der Waals surface area contributed by atoms with E-state index in [0.717, 1.165) is 5.75 Å². The molecule has 0 atom stereocenters. The average Bonchev–Trinajstić information content (AvgIpc) is 2.17. The van der Waals surface area contributed by atoms with E-state index in [-0.39, 0.29) is 5.41 Å². The Morgan fingerprint density at radius 3 is 2.67 bits per heavy atom. The van der Waals surface area contributed by atoms with Crippen molar-refractivity contribution in [2.75, 3.05) is 13.2 Å². The summed E-state index contributed by atoms with van der Waals surface area (Å²) in [5.74, 6) is 6.06. The number of rotatable bonds is 4. The summed E-state index contributed by atoms with van der Waals surface area (Å²) < 4.78 is 5.54. The molecule has 3 nitrogen and oxygen atoms in total. The average molecular weight is 208 g/mol. The summed E-state index contributed by atoms with van der Waals surface area (Å²) in [6.45, 7) is 7.80. The molecule has 15 heavy (non-hydrogen) atoms. The van der Waals surface area contributed by atoms with E-state index in [0.29, 0.717) is 13.2 Å². The number of ether oxygens (including phenoxy) is 1. The van der Waals surface area contributed by atoms with Crippen molar-refractivity contribution in [2.24, 2.45) is 5.84 Å². The second-order valence-corrected chi connectivity index (χ2v) is 4.58. The Balaban J connectivity index is 2.66. The first-order chi connectivity index (χ1) is 7.04. The fourth-order valence-corrected chi connectivity index (χ4v) is 1.28. The van der Waals surface area contributed by atoms with E-state index >= 15 is 0 Å². The van der Waals surface area contributed by atoms with Gasteiger partial charge in [-0.1, -0.05) is 32.9 Å². The molecule has 1 aromatic rings.